The third-order valence-electron chi connectivity index (χ3n) is 0. The third kappa shape index (κ3) is 64.2. The predicted octanol–water partition coefficient (Wildman–Crippen LogP) is -0.366. The van der Waals surface area contributed by atoms with Crippen molar-refractivity contribution in [2.24, 2.45) is 0 Å². The van der Waals surface area contributed by atoms with E-state index in [1.807, 2.05) is 0 Å². The summed E-state index contributed by atoms with van der Waals surface area (Å²) in [5.41, 5.74) is 0. The first-order valence-corrected chi connectivity index (χ1v) is 4.09. The molecule has 0 fully saturated rings. The van der Waals surface area contributed by atoms with E-state index in [-0.39, 0.29) is 65.2 Å². The Morgan fingerprint density at radius 3 is 0.714 bits per heavy atom. The van der Waals surface area contributed by atoms with E-state index in [0.29, 0.717) is 0 Å². The zero-order valence-electron chi connectivity index (χ0n) is 3.13. The molecule has 7 heteroatoms. The van der Waals surface area contributed by atoms with E-state index in [0.717, 1.165) is 0 Å². The fourth-order valence-corrected chi connectivity index (χ4v) is 0. The van der Waals surface area contributed by atoms with Crippen LogP contribution in [0.2, 0.25) is 0 Å². The Balaban J connectivity index is -0.0000000150. The van der Waals surface area contributed by atoms with Gasteiger partial charge in [-0.3, -0.25) is 0 Å². The van der Waals surface area contributed by atoms with Crippen LogP contribution in [0.1, 0.15) is 0 Å². The van der Waals surface area contributed by atoms with Crippen LogP contribution in [0.15, 0.2) is 0 Å². The predicted molar refractivity (Wildman–Crippen MR) is 2.06 cm³/mol. The van der Waals surface area contributed by atoms with Crippen molar-refractivity contribution in [3.8, 4) is 0 Å². The fraction of sp³-hybridized carbons (Fsp3) is 0. The van der Waals surface area contributed by atoms with Crippen molar-refractivity contribution >= 4 is 0 Å². The van der Waals surface area contributed by atoms with Crippen molar-refractivity contribution < 1.29 is 92.5 Å². The van der Waals surface area contributed by atoms with Gasteiger partial charge < -0.3 is 0 Å². The summed E-state index contributed by atoms with van der Waals surface area (Å²) in [5.74, 6) is 0. The molecule has 0 aliphatic carbocycles. The van der Waals surface area contributed by atoms with E-state index in [1.165, 1.54) is 0 Å². The largest absolute Gasteiger partial charge is 0 e. The van der Waals surface area contributed by atoms with Gasteiger partial charge in [0.25, 0.3) is 0 Å². The van der Waals surface area contributed by atoms with Gasteiger partial charge in [0.1, 0.15) is 0 Å². The zero-order chi connectivity index (χ0) is 3.58. The molecule has 0 aromatic carbocycles. The second-order valence-electron chi connectivity index (χ2n) is 0.204. The number of rotatable bonds is 0. The van der Waals surface area contributed by atoms with Gasteiger partial charge in [0.2, 0.25) is 0 Å². The molecule has 36 valence electrons. The Hall–Kier alpha value is 2.23. The molecule has 0 saturated heterocycles. The molecule has 0 bridgehead atoms. The SMILES string of the molecule is [O]=[W](=[O])=[O].[Ti].[Ti].[Ti]. The molecular weight excluding hydrogens is 375 g/mol. The van der Waals surface area contributed by atoms with Crippen LogP contribution < -0.4 is 0 Å². The third-order valence-corrected chi connectivity index (χ3v) is 0. The van der Waals surface area contributed by atoms with Crippen LogP contribution in [0.25, 0.3) is 0 Å². The van der Waals surface area contributed by atoms with E-state index in [1.54, 1.807) is 0 Å². The van der Waals surface area contributed by atoms with Crippen molar-refractivity contribution in [2.45, 2.75) is 0 Å². The first-order valence-electron chi connectivity index (χ1n) is 0.500. The zero-order valence-corrected chi connectivity index (χ0v) is 10.8. The summed E-state index contributed by atoms with van der Waals surface area (Å²) in [5, 5.41) is 0. The van der Waals surface area contributed by atoms with Gasteiger partial charge in [-0.05, 0) is 0 Å². The quantitative estimate of drug-likeness (QED) is 0.543. The summed E-state index contributed by atoms with van der Waals surface area (Å²) < 4.78 is 25.8. The maximum atomic E-state index is 8.61. The van der Waals surface area contributed by atoms with Crippen LogP contribution in [-0.2, 0) is 92.5 Å². The summed E-state index contributed by atoms with van der Waals surface area (Å²) in [4.78, 5) is 0. The molecule has 0 spiro atoms. The molecule has 0 atom stereocenters. The van der Waals surface area contributed by atoms with Crippen LogP contribution in [0.5, 0.6) is 0 Å². The Morgan fingerprint density at radius 1 is 0.714 bits per heavy atom. The van der Waals surface area contributed by atoms with E-state index < -0.39 is 17.2 Å². The van der Waals surface area contributed by atoms with Gasteiger partial charge in [0, 0.05) is 65.2 Å². The minimum Gasteiger partial charge on any atom is 0 e. The van der Waals surface area contributed by atoms with Crippen molar-refractivity contribution in [1.29, 1.82) is 0 Å². The van der Waals surface area contributed by atoms with Gasteiger partial charge in [0.15, 0.2) is 0 Å². The molecule has 0 N–H and O–H groups in total. The van der Waals surface area contributed by atoms with Crippen molar-refractivity contribution in [3.05, 3.63) is 0 Å². The van der Waals surface area contributed by atoms with E-state index in [9.17, 15) is 0 Å². The van der Waals surface area contributed by atoms with Crippen LogP contribution in [0.3, 0.4) is 0 Å². The van der Waals surface area contributed by atoms with Gasteiger partial charge in [-0.15, -0.1) is 0 Å². The normalized spacial score (nSPS) is 3.43. The minimum absolute atomic E-state index is 0. The second kappa shape index (κ2) is 15.7. The van der Waals surface area contributed by atoms with E-state index in [4.69, 9.17) is 10.2 Å². The van der Waals surface area contributed by atoms with Crippen molar-refractivity contribution in [3.63, 3.8) is 0 Å². The Morgan fingerprint density at radius 2 is 0.714 bits per heavy atom. The smallest absolute Gasteiger partial charge is 0 e. The Labute approximate surface area is 91.1 Å². The van der Waals surface area contributed by atoms with E-state index in [2.05, 4.69) is 0 Å². The molecule has 0 radical (unpaired) electrons. The van der Waals surface area contributed by atoms with Crippen molar-refractivity contribution in [1.82, 2.24) is 0 Å². The van der Waals surface area contributed by atoms with Crippen LogP contribution >= 0.6 is 0 Å². The summed E-state index contributed by atoms with van der Waals surface area (Å²) in [6.07, 6.45) is 0. The molecule has 3 nitrogen and oxygen atoms in total. The van der Waals surface area contributed by atoms with Crippen molar-refractivity contribution in [2.75, 3.05) is 0 Å². The molecule has 0 aromatic heterocycles. The molecular formula is O3Ti3W. The van der Waals surface area contributed by atoms with Gasteiger partial charge in [-0.2, -0.15) is 0 Å². The number of hydrogen-bond acceptors (Lipinski definition) is 3. The van der Waals surface area contributed by atoms with Gasteiger partial charge in [-0.1, -0.05) is 0 Å². The topological polar surface area (TPSA) is 51.2 Å². The first kappa shape index (κ1) is 22.9. The van der Waals surface area contributed by atoms with Crippen LogP contribution in [-0.4, -0.2) is 0 Å². The fourth-order valence-electron chi connectivity index (χ4n) is 0. The van der Waals surface area contributed by atoms with E-state index >= 15 is 0 Å². The maximum absolute atomic E-state index is 8.61. The van der Waals surface area contributed by atoms with Crippen LogP contribution in [0, 0.1) is 0 Å². The molecule has 0 aliphatic rings. The molecule has 0 saturated carbocycles. The van der Waals surface area contributed by atoms with Gasteiger partial charge in [0.05, 0.1) is 0 Å². The van der Waals surface area contributed by atoms with Crippen LogP contribution in [0.4, 0.5) is 0 Å². The maximum Gasteiger partial charge on any atom is 0 e. The monoisotopic (exact) mass is 376 g/mol. The molecule has 0 heterocycles. The molecule has 0 rings (SSSR count). The summed E-state index contributed by atoms with van der Waals surface area (Å²) in [6, 6.07) is 0. The summed E-state index contributed by atoms with van der Waals surface area (Å²) in [7, 11) is 0. The molecule has 7 heavy (non-hydrogen) atoms. The average molecular weight is 375 g/mol. The molecule has 0 aliphatic heterocycles. The minimum atomic E-state index is -4.28. The second-order valence-corrected chi connectivity index (χ2v) is 1.67. The summed E-state index contributed by atoms with van der Waals surface area (Å²) >= 11 is -4.28. The Kier molecular flexibility index (Phi) is 51.4. The number of hydrogen-bond donors (Lipinski definition) is 0. The molecule has 0 aromatic rings. The van der Waals surface area contributed by atoms with Gasteiger partial charge >= 0.3 is 27.4 Å². The Bertz CT molecular complexity index is 79.6. The molecule has 0 amide bonds. The average Bonchev–Trinajstić information content (AvgIpc) is 0.811. The molecule has 0 unspecified atom stereocenters. The first-order chi connectivity index (χ1) is 1.73. The summed E-state index contributed by atoms with van der Waals surface area (Å²) in [6.45, 7) is 0. The van der Waals surface area contributed by atoms with Gasteiger partial charge in [-0.25, -0.2) is 0 Å². The standard InChI is InChI=1S/3O.3Ti.W.